The fraction of sp³-hybridized carbons (Fsp3) is 0.667. The number of ether oxygens (including phenoxy) is 1. The van der Waals surface area contributed by atoms with Crippen molar-refractivity contribution in [1.29, 1.82) is 0 Å². The first-order valence-electron chi connectivity index (χ1n) is 8.55. The Hall–Kier alpha value is -1.13. The van der Waals surface area contributed by atoms with Gasteiger partial charge in [0, 0.05) is 19.1 Å². The summed E-state index contributed by atoms with van der Waals surface area (Å²) in [5.41, 5.74) is 1.05. The summed E-state index contributed by atoms with van der Waals surface area (Å²) in [6.07, 6.45) is 6.54. The Morgan fingerprint density at radius 1 is 1.14 bits per heavy atom. The highest BCUT2D eigenvalue weighted by Crippen LogP contribution is 2.24. The maximum atomic E-state index is 13.9. The van der Waals surface area contributed by atoms with Crippen molar-refractivity contribution in [2.45, 2.75) is 44.7 Å². The molecule has 4 heteroatoms. The fourth-order valence-corrected chi connectivity index (χ4v) is 3.78. The van der Waals surface area contributed by atoms with Crippen LogP contribution in [0.1, 0.15) is 37.7 Å². The molecule has 0 amide bonds. The molecule has 3 rings (SSSR count). The van der Waals surface area contributed by atoms with Gasteiger partial charge in [0.15, 0.2) is 11.6 Å². The van der Waals surface area contributed by atoms with Gasteiger partial charge in [-0.3, -0.25) is 4.90 Å². The van der Waals surface area contributed by atoms with E-state index in [0.717, 1.165) is 18.7 Å². The van der Waals surface area contributed by atoms with Gasteiger partial charge in [-0.05, 0) is 63.0 Å². The first kappa shape index (κ1) is 15.8. The Balaban J connectivity index is 1.64. The van der Waals surface area contributed by atoms with Crippen LogP contribution >= 0.6 is 0 Å². The number of hydrogen-bond donors (Lipinski definition) is 0. The van der Waals surface area contributed by atoms with E-state index in [2.05, 4.69) is 9.80 Å². The molecule has 0 unspecified atom stereocenters. The molecule has 0 radical (unpaired) electrons. The lowest BCUT2D eigenvalue weighted by atomic mass is 10.0. The number of likely N-dealkylation sites (tertiary alicyclic amines) is 2. The summed E-state index contributed by atoms with van der Waals surface area (Å²) in [5, 5.41) is 0. The number of piperidine rings is 1. The van der Waals surface area contributed by atoms with Gasteiger partial charge in [0.2, 0.25) is 0 Å². The molecular weight excluding hydrogens is 279 g/mol. The molecule has 0 spiro atoms. The van der Waals surface area contributed by atoms with Crippen molar-refractivity contribution in [1.82, 2.24) is 9.80 Å². The third kappa shape index (κ3) is 3.79. The van der Waals surface area contributed by atoms with Crippen molar-refractivity contribution in [3.63, 3.8) is 0 Å². The highest BCUT2D eigenvalue weighted by molar-refractivity contribution is 5.29. The second-order valence-electron chi connectivity index (χ2n) is 6.60. The molecule has 2 aliphatic rings. The molecule has 22 heavy (non-hydrogen) atoms. The normalized spacial score (nSPS) is 23.8. The fourth-order valence-electron chi connectivity index (χ4n) is 3.78. The van der Waals surface area contributed by atoms with Crippen LogP contribution in [0, 0.1) is 5.82 Å². The van der Waals surface area contributed by atoms with Crippen LogP contribution in [0.4, 0.5) is 4.39 Å². The molecule has 0 saturated carbocycles. The van der Waals surface area contributed by atoms with Crippen molar-refractivity contribution < 1.29 is 9.13 Å². The molecule has 0 bridgehead atoms. The van der Waals surface area contributed by atoms with Crippen molar-refractivity contribution >= 4 is 0 Å². The SMILES string of the molecule is COc1ccc(CN2CCCC[C@H]2CN2CCCC2)cc1F. The van der Waals surface area contributed by atoms with Crippen LogP contribution in [-0.4, -0.2) is 49.1 Å². The summed E-state index contributed by atoms with van der Waals surface area (Å²) < 4.78 is 18.9. The first-order chi connectivity index (χ1) is 10.8. The van der Waals surface area contributed by atoms with Gasteiger partial charge < -0.3 is 9.64 Å². The Morgan fingerprint density at radius 3 is 2.64 bits per heavy atom. The van der Waals surface area contributed by atoms with Gasteiger partial charge in [-0.15, -0.1) is 0 Å². The van der Waals surface area contributed by atoms with Crippen molar-refractivity contribution in [2.75, 3.05) is 33.3 Å². The number of methoxy groups -OCH3 is 1. The zero-order chi connectivity index (χ0) is 15.4. The smallest absolute Gasteiger partial charge is 0.165 e. The maximum Gasteiger partial charge on any atom is 0.165 e. The zero-order valence-corrected chi connectivity index (χ0v) is 13.6. The van der Waals surface area contributed by atoms with Crippen molar-refractivity contribution in [3.05, 3.63) is 29.6 Å². The summed E-state index contributed by atoms with van der Waals surface area (Å²) in [6.45, 7) is 5.66. The lowest BCUT2D eigenvalue weighted by Crippen LogP contribution is -2.45. The van der Waals surface area contributed by atoms with Gasteiger partial charge in [0.25, 0.3) is 0 Å². The first-order valence-corrected chi connectivity index (χ1v) is 8.55. The van der Waals surface area contributed by atoms with E-state index >= 15 is 0 Å². The van der Waals surface area contributed by atoms with Gasteiger partial charge >= 0.3 is 0 Å². The minimum Gasteiger partial charge on any atom is -0.494 e. The molecule has 2 saturated heterocycles. The molecule has 0 N–H and O–H groups in total. The van der Waals surface area contributed by atoms with Gasteiger partial charge in [0.05, 0.1) is 7.11 Å². The van der Waals surface area contributed by atoms with Crippen LogP contribution in [0.15, 0.2) is 18.2 Å². The predicted molar refractivity (Wildman–Crippen MR) is 86.7 cm³/mol. The highest BCUT2D eigenvalue weighted by Gasteiger charge is 2.25. The third-order valence-electron chi connectivity index (χ3n) is 5.02. The van der Waals surface area contributed by atoms with E-state index in [1.165, 1.54) is 58.8 Å². The average molecular weight is 306 g/mol. The Morgan fingerprint density at radius 2 is 1.91 bits per heavy atom. The van der Waals surface area contributed by atoms with Crippen molar-refractivity contribution in [2.24, 2.45) is 0 Å². The summed E-state index contributed by atoms with van der Waals surface area (Å²) >= 11 is 0. The molecule has 122 valence electrons. The van der Waals surface area contributed by atoms with Gasteiger partial charge in [-0.25, -0.2) is 4.39 Å². The van der Waals surface area contributed by atoms with Gasteiger partial charge in [-0.1, -0.05) is 12.5 Å². The minimum absolute atomic E-state index is 0.256. The van der Waals surface area contributed by atoms with Crippen LogP contribution < -0.4 is 4.74 Å². The van der Waals surface area contributed by atoms with E-state index in [9.17, 15) is 4.39 Å². The summed E-state index contributed by atoms with van der Waals surface area (Å²) in [7, 11) is 1.51. The number of rotatable bonds is 5. The second-order valence-corrected chi connectivity index (χ2v) is 6.60. The van der Waals surface area contributed by atoms with Crippen molar-refractivity contribution in [3.8, 4) is 5.75 Å². The van der Waals surface area contributed by atoms with Crippen LogP contribution in [0.5, 0.6) is 5.75 Å². The third-order valence-corrected chi connectivity index (χ3v) is 5.02. The van der Waals surface area contributed by atoms with E-state index in [1.807, 2.05) is 6.07 Å². The molecule has 3 nitrogen and oxygen atoms in total. The zero-order valence-electron chi connectivity index (χ0n) is 13.6. The van der Waals surface area contributed by atoms with E-state index in [0.29, 0.717) is 11.8 Å². The number of nitrogens with zero attached hydrogens (tertiary/aromatic N) is 2. The molecule has 1 aromatic rings. The van der Waals surface area contributed by atoms with Crippen LogP contribution in [0.3, 0.4) is 0 Å². The number of halogens is 1. The lowest BCUT2D eigenvalue weighted by molar-refractivity contribution is 0.106. The monoisotopic (exact) mass is 306 g/mol. The number of hydrogen-bond acceptors (Lipinski definition) is 3. The molecule has 0 aliphatic carbocycles. The Bertz CT molecular complexity index is 488. The van der Waals surface area contributed by atoms with Gasteiger partial charge in [0.1, 0.15) is 0 Å². The molecule has 2 aliphatic heterocycles. The molecule has 2 fully saturated rings. The Labute approximate surface area is 133 Å². The van der Waals surface area contributed by atoms with E-state index in [-0.39, 0.29) is 5.82 Å². The lowest BCUT2D eigenvalue weighted by Gasteiger charge is -2.38. The van der Waals surface area contributed by atoms with Crippen LogP contribution in [0.2, 0.25) is 0 Å². The summed E-state index contributed by atoms with van der Waals surface area (Å²) in [4.78, 5) is 5.14. The minimum atomic E-state index is -0.256. The topological polar surface area (TPSA) is 15.7 Å². The molecular formula is C18H27FN2O. The summed E-state index contributed by atoms with van der Waals surface area (Å²) in [5.74, 6) is 0.0733. The highest BCUT2D eigenvalue weighted by atomic mass is 19.1. The van der Waals surface area contributed by atoms with E-state index < -0.39 is 0 Å². The Kier molecular flexibility index (Phi) is 5.32. The molecule has 1 atom stereocenters. The molecule has 0 aromatic heterocycles. The van der Waals surface area contributed by atoms with Gasteiger partial charge in [-0.2, -0.15) is 0 Å². The predicted octanol–water partition coefficient (Wildman–Crippen LogP) is 3.28. The molecule has 1 aromatic carbocycles. The number of benzene rings is 1. The van der Waals surface area contributed by atoms with E-state index in [4.69, 9.17) is 4.74 Å². The largest absolute Gasteiger partial charge is 0.494 e. The van der Waals surface area contributed by atoms with Crippen LogP contribution in [-0.2, 0) is 6.54 Å². The quantitative estimate of drug-likeness (QED) is 0.830. The maximum absolute atomic E-state index is 13.9. The van der Waals surface area contributed by atoms with E-state index in [1.54, 1.807) is 12.1 Å². The summed E-state index contributed by atoms with van der Waals surface area (Å²) in [6, 6.07) is 5.98. The average Bonchev–Trinajstić information content (AvgIpc) is 3.02. The molecule has 2 heterocycles. The standard InChI is InChI=1S/C18H27FN2O/c1-22-18-8-7-15(12-17(18)19)13-21-11-3-2-6-16(21)14-20-9-4-5-10-20/h7-8,12,16H,2-6,9-11,13-14H2,1H3/t16-/m0/s1. The van der Waals surface area contributed by atoms with Crippen LogP contribution in [0.25, 0.3) is 0 Å². The second kappa shape index (κ2) is 7.42.